The van der Waals surface area contributed by atoms with Crippen molar-refractivity contribution in [2.75, 3.05) is 6.54 Å². The first kappa shape index (κ1) is 15.3. The standard InChI is InChI=1S/C15H19FN2O3/c1-9-6-11(7-10(2)13(9)16)8-17-15(21)18-5-3-4-12(18)14(19)20/h6-7,12H,3-5,8H2,1-2H3,(H,17,21)(H,19,20). The molecule has 2 amide bonds. The SMILES string of the molecule is Cc1cc(CNC(=O)N2CCCC2C(=O)O)cc(C)c1F. The van der Waals surface area contributed by atoms with Crippen molar-refractivity contribution in [3.8, 4) is 0 Å². The third-order valence-corrected chi connectivity index (χ3v) is 3.74. The molecule has 114 valence electrons. The van der Waals surface area contributed by atoms with E-state index in [0.717, 1.165) is 5.56 Å². The molecule has 0 bridgehead atoms. The number of carboxylic acids is 1. The maximum absolute atomic E-state index is 13.5. The highest BCUT2D eigenvalue weighted by Gasteiger charge is 2.33. The summed E-state index contributed by atoms with van der Waals surface area (Å²) in [4.78, 5) is 24.4. The third kappa shape index (κ3) is 3.32. The molecule has 1 atom stereocenters. The molecule has 1 aliphatic rings. The average Bonchev–Trinajstić information content (AvgIpc) is 2.91. The van der Waals surface area contributed by atoms with Crippen molar-refractivity contribution < 1.29 is 19.1 Å². The van der Waals surface area contributed by atoms with E-state index in [4.69, 9.17) is 5.11 Å². The molecule has 0 saturated carbocycles. The Morgan fingerprint density at radius 2 is 2.00 bits per heavy atom. The number of halogens is 1. The quantitative estimate of drug-likeness (QED) is 0.898. The number of carboxylic acid groups (broad SMARTS) is 1. The molecule has 1 aromatic carbocycles. The lowest BCUT2D eigenvalue weighted by Gasteiger charge is -2.22. The molecule has 2 rings (SSSR count). The van der Waals surface area contributed by atoms with Crippen LogP contribution in [-0.4, -0.2) is 34.6 Å². The van der Waals surface area contributed by atoms with Gasteiger partial charge in [-0.2, -0.15) is 0 Å². The number of urea groups is 1. The van der Waals surface area contributed by atoms with E-state index in [0.29, 0.717) is 30.5 Å². The third-order valence-electron chi connectivity index (χ3n) is 3.74. The molecule has 1 unspecified atom stereocenters. The number of rotatable bonds is 3. The van der Waals surface area contributed by atoms with E-state index in [-0.39, 0.29) is 18.4 Å². The van der Waals surface area contributed by atoms with Gasteiger partial charge in [0, 0.05) is 13.1 Å². The van der Waals surface area contributed by atoms with Gasteiger partial charge < -0.3 is 15.3 Å². The second-order valence-corrected chi connectivity index (χ2v) is 5.39. The van der Waals surface area contributed by atoms with Gasteiger partial charge in [0.15, 0.2) is 0 Å². The van der Waals surface area contributed by atoms with Crippen LogP contribution in [0, 0.1) is 19.7 Å². The van der Waals surface area contributed by atoms with E-state index in [1.807, 2.05) is 0 Å². The van der Waals surface area contributed by atoms with Crippen LogP contribution in [-0.2, 0) is 11.3 Å². The largest absolute Gasteiger partial charge is 0.480 e. The smallest absolute Gasteiger partial charge is 0.326 e. The number of hydrogen-bond acceptors (Lipinski definition) is 2. The van der Waals surface area contributed by atoms with E-state index >= 15 is 0 Å². The molecule has 0 spiro atoms. The summed E-state index contributed by atoms with van der Waals surface area (Å²) >= 11 is 0. The molecule has 21 heavy (non-hydrogen) atoms. The van der Waals surface area contributed by atoms with Crippen LogP contribution in [0.1, 0.15) is 29.5 Å². The molecule has 6 heteroatoms. The first-order valence-corrected chi connectivity index (χ1v) is 6.93. The van der Waals surface area contributed by atoms with Crippen LogP contribution < -0.4 is 5.32 Å². The highest BCUT2D eigenvalue weighted by molar-refractivity contribution is 5.83. The van der Waals surface area contributed by atoms with E-state index in [2.05, 4.69) is 5.32 Å². The number of nitrogens with zero attached hydrogens (tertiary/aromatic N) is 1. The second kappa shape index (κ2) is 6.11. The highest BCUT2D eigenvalue weighted by Crippen LogP contribution is 2.18. The maximum Gasteiger partial charge on any atom is 0.326 e. The minimum atomic E-state index is -0.976. The number of carbonyl (C=O) groups excluding carboxylic acids is 1. The molecular weight excluding hydrogens is 275 g/mol. The minimum Gasteiger partial charge on any atom is -0.480 e. The van der Waals surface area contributed by atoms with Crippen LogP contribution in [0.2, 0.25) is 0 Å². The predicted molar refractivity (Wildman–Crippen MR) is 75.5 cm³/mol. The summed E-state index contributed by atoms with van der Waals surface area (Å²) in [5.74, 6) is -1.22. The number of benzene rings is 1. The van der Waals surface area contributed by atoms with Crippen molar-refractivity contribution >= 4 is 12.0 Å². The molecule has 0 aromatic heterocycles. The van der Waals surface area contributed by atoms with Crippen LogP contribution in [0.5, 0.6) is 0 Å². The molecule has 2 N–H and O–H groups in total. The Balaban J connectivity index is 2.00. The number of hydrogen-bond donors (Lipinski definition) is 2. The fraction of sp³-hybridized carbons (Fsp3) is 0.467. The lowest BCUT2D eigenvalue weighted by atomic mass is 10.1. The van der Waals surface area contributed by atoms with Gasteiger partial charge in [0.1, 0.15) is 11.9 Å². The van der Waals surface area contributed by atoms with Gasteiger partial charge in [-0.15, -0.1) is 0 Å². The Kier molecular flexibility index (Phi) is 4.45. The molecule has 1 aromatic rings. The number of nitrogens with one attached hydrogen (secondary N) is 1. The summed E-state index contributed by atoms with van der Waals surface area (Å²) in [7, 11) is 0. The maximum atomic E-state index is 13.5. The second-order valence-electron chi connectivity index (χ2n) is 5.39. The number of aryl methyl sites for hydroxylation is 2. The van der Waals surface area contributed by atoms with Gasteiger partial charge >= 0.3 is 12.0 Å². The molecule has 1 aliphatic heterocycles. The molecule has 1 saturated heterocycles. The van der Waals surface area contributed by atoms with Crippen molar-refractivity contribution in [2.45, 2.75) is 39.3 Å². The first-order valence-electron chi connectivity index (χ1n) is 6.93. The molecular formula is C15H19FN2O3. The predicted octanol–water partition coefficient (Wildman–Crippen LogP) is 2.20. The molecule has 0 radical (unpaired) electrons. The lowest BCUT2D eigenvalue weighted by molar-refractivity contribution is -0.141. The van der Waals surface area contributed by atoms with Crippen LogP contribution in [0.3, 0.4) is 0 Å². The molecule has 0 aliphatic carbocycles. The van der Waals surface area contributed by atoms with Gasteiger partial charge in [-0.3, -0.25) is 0 Å². The fourth-order valence-electron chi connectivity index (χ4n) is 2.68. The summed E-state index contributed by atoms with van der Waals surface area (Å²) in [5, 5.41) is 11.8. The van der Waals surface area contributed by atoms with Gasteiger partial charge in [0.25, 0.3) is 0 Å². The van der Waals surface area contributed by atoms with Crippen molar-refractivity contribution in [3.05, 3.63) is 34.6 Å². The van der Waals surface area contributed by atoms with Crippen molar-refractivity contribution in [2.24, 2.45) is 0 Å². The molecule has 5 nitrogen and oxygen atoms in total. The minimum absolute atomic E-state index is 0.240. The Morgan fingerprint density at radius 3 is 2.57 bits per heavy atom. The topological polar surface area (TPSA) is 69.6 Å². The Morgan fingerprint density at radius 1 is 1.38 bits per heavy atom. The zero-order chi connectivity index (χ0) is 15.6. The van der Waals surface area contributed by atoms with Crippen LogP contribution in [0.4, 0.5) is 9.18 Å². The summed E-state index contributed by atoms with van der Waals surface area (Å²) in [6.45, 7) is 4.05. The molecule has 1 heterocycles. The fourth-order valence-corrected chi connectivity index (χ4v) is 2.68. The van der Waals surface area contributed by atoms with Gasteiger partial charge in [0.05, 0.1) is 0 Å². The highest BCUT2D eigenvalue weighted by atomic mass is 19.1. The van der Waals surface area contributed by atoms with Crippen LogP contribution >= 0.6 is 0 Å². The van der Waals surface area contributed by atoms with Crippen LogP contribution in [0.15, 0.2) is 12.1 Å². The number of likely N-dealkylation sites (tertiary alicyclic amines) is 1. The summed E-state index contributed by atoms with van der Waals surface area (Å²) < 4.78 is 13.5. The Labute approximate surface area is 122 Å². The van der Waals surface area contributed by atoms with Gasteiger partial charge in [-0.1, -0.05) is 12.1 Å². The van der Waals surface area contributed by atoms with E-state index in [1.54, 1.807) is 26.0 Å². The molecule has 1 fully saturated rings. The van der Waals surface area contributed by atoms with Gasteiger partial charge in [0.2, 0.25) is 0 Å². The number of amides is 2. The van der Waals surface area contributed by atoms with E-state index in [1.165, 1.54) is 4.90 Å². The number of aliphatic carboxylic acids is 1. The van der Waals surface area contributed by atoms with Crippen molar-refractivity contribution in [3.63, 3.8) is 0 Å². The van der Waals surface area contributed by atoms with Crippen molar-refractivity contribution in [1.29, 1.82) is 0 Å². The Bertz CT molecular complexity index is 551. The normalized spacial score (nSPS) is 17.9. The monoisotopic (exact) mass is 294 g/mol. The first-order chi connectivity index (χ1) is 9.90. The van der Waals surface area contributed by atoms with E-state index < -0.39 is 12.0 Å². The lowest BCUT2D eigenvalue weighted by Crippen LogP contribution is -2.45. The summed E-state index contributed by atoms with van der Waals surface area (Å²) in [6, 6.07) is 2.23. The Hall–Kier alpha value is -2.11. The van der Waals surface area contributed by atoms with Crippen LogP contribution in [0.25, 0.3) is 0 Å². The average molecular weight is 294 g/mol. The van der Waals surface area contributed by atoms with Gasteiger partial charge in [-0.25, -0.2) is 14.0 Å². The summed E-state index contributed by atoms with van der Waals surface area (Å²) in [5.41, 5.74) is 1.86. The van der Waals surface area contributed by atoms with E-state index in [9.17, 15) is 14.0 Å². The van der Waals surface area contributed by atoms with Gasteiger partial charge in [-0.05, 0) is 43.4 Å². The number of carbonyl (C=O) groups is 2. The zero-order valence-electron chi connectivity index (χ0n) is 12.1. The van der Waals surface area contributed by atoms with Crippen molar-refractivity contribution in [1.82, 2.24) is 10.2 Å². The zero-order valence-corrected chi connectivity index (χ0v) is 12.1. The summed E-state index contributed by atoms with van der Waals surface area (Å²) in [6.07, 6.45) is 1.18.